The average Bonchev–Trinajstić information content (AvgIpc) is 2.86. The summed E-state index contributed by atoms with van der Waals surface area (Å²) >= 11 is 0. The Morgan fingerprint density at radius 3 is 2.77 bits per heavy atom. The Kier molecular flexibility index (Phi) is 6.00. The molecule has 22 heavy (non-hydrogen) atoms. The van der Waals surface area contributed by atoms with Crippen molar-refractivity contribution in [2.75, 3.05) is 7.11 Å². The lowest BCUT2D eigenvalue weighted by molar-refractivity contribution is -0.115. The van der Waals surface area contributed by atoms with Gasteiger partial charge in [0.25, 0.3) is 0 Å². The van der Waals surface area contributed by atoms with Crippen molar-refractivity contribution < 1.29 is 9.53 Å². The van der Waals surface area contributed by atoms with E-state index in [4.69, 9.17) is 4.74 Å². The Morgan fingerprint density at radius 1 is 1.27 bits per heavy atom. The first-order chi connectivity index (χ1) is 10.6. The summed E-state index contributed by atoms with van der Waals surface area (Å²) in [4.78, 5) is 11.7. The van der Waals surface area contributed by atoms with Crippen molar-refractivity contribution >= 4 is 5.78 Å². The highest BCUT2D eigenvalue weighted by Gasteiger charge is 2.18. The van der Waals surface area contributed by atoms with Gasteiger partial charge in [0.2, 0.25) is 0 Å². The number of methoxy groups -OCH3 is 1. The number of carbonyl (C=O) groups is 1. The van der Waals surface area contributed by atoms with Crippen molar-refractivity contribution in [2.24, 2.45) is 0 Å². The molecule has 2 rings (SSSR count). The molecule has 1 aliphatic carbocycles. The van der Waals surface area contributed by atoms with E-state index in [0.717, 1.165) is 43.4 Å². The maximum absolute atomic E-state index is 11.7. The number of hydrogen-bond donors (Lipinski definition) is 0. The summed E-state index contributed by atoms with van der Waals surface area (Å²) in [6.45, 7) is 4.32. The van der Waals surface area contributed by atoms with Crippen LogP contribution in [0.1, 0.15) is 57.4 Å². The van der Waals surface area contributed by atoms with Gasteiger partial charge in [0.15, 0.2) is 5.78 Å². The number of rotatable bonds is 7. The number of ether oxygens (including phenoxy) is 1. The lowest BCUT2D eigenvalue weighted by atomic mass is 9.97. The van der Waals surface area contributed by atoms with Crippen LogP contribution in [0.5, 0.6) is 5.75 Å². The third kappa shape index (κ3) is 4.33. The monoisotopic (exact) mass is 298 g/mol. The van der Waals surface area contributed by atoms with Gasteiger partial charge < -0.3 is 4.74 Å². The number of allylic oxidation sites excluding steroid dienone is 4. The summed E-state index contributed by atoms with van der Waals surface area (Å²) in [5.74, 6) is 1.74. The van der Waals surface area contributed by atoms with Gasteiger partial charge in [-0.05, 0) is 61.8 Å². The van der Waals surface area contributed by atoms with Crippen molar-refractivity contribution in [3.63, 3.8) is 0 Å². The number of Topliss-reactive ketones (excluding diaryl/α,β-unsaturated/α-hetero) is 1. The van der Waals surface area contributed by atoms with E-state index in [1.807, 2.05) is 12.1 Å². The fraction of sp³-hybridized carbons (Fsp3) is 0.450. The van der Waals surface area contributed by atoms with Crippen LogP contribution < -0.4 is 4.74 Å². The molecule has 0 saturated heterocycles. The van der Waals surface area contributed by atoms with Crippen LogP contribution in [-0.4, -0.2) is 12.9 Å². The quantitative estimate of drug-likeness (QED) is 0.646. The minimum atomic E-state index is 0.357. The zero-order valence-electron chi connectivity index (χ0n) is 13.9. The first kappa shape index (κ1) is 16.5. The summed E-state index contributed by atoms with van der Waals surface area (Å²) in [5.41, 5.74) is 3.67. The number of ketones is 1. The molecule has 0 aliphatic heterocycles. The highest BCUT2D eigenvalue weighted by Crippen LogP contribution is 2.26. The Hall–Kier alpha value is -1.83. The fourth-order valence-electron chi connectivity index (χ4n) is 2.92. The van der Waals surface area contributed by atoms with Gasteiger partial charge in [0.1, 0.15) is 5.75 Å². The molecule has 0 fully saturated rings. The predicted octanol–water partition coefficient (Wildman–Crippen LogP) is 5.20. The summed E-state index contributed by atoms with van der Waals surface area (Å²) in [7, 11) is 1.70. The van der Waals surface area contributed by atoms with Gasteiger partial charge in [-0.1, -0.05) is 36.8 Å². The normalized spacial score (nSPS) is 16.6. The first-order valence-electron chi connectivity index (χ1n) is 8.12. The molecule has 0 heterocycles. The molecule has 0 radical (unpaired) electrons. The number of hydrogen-bond acceptors (Lipinski definition) is 2. The van der Waals surface area contributed by atoms with Crippen LogP contribution in [0.25, 0.3) is 0 Å². The van der Waals surface area contributed by atoms with Gasteiger partial charge in [0, 0.05) is 6.42 Å². The van der Waals surface area contributed by atoms with Crippen LogP contribution in [0.15, 0.2) is 47.6 Å². The Balaban J connectivity index is 1.79. The van der Waals surface area contributed by atoms with Crippen molar-refractivity contribution in [3.8, 4) is 5.75 Å². The van der Waals surface area contributed by atoms with Crippen LogP contribution in [-0.2, 0) is 4.79 Å². The zero-order chi connectivity index (χ0) is 15.9. The Labute approximate surface area is 133 Å². The van der Waals surface area contributed by atoms with Crippen molar-refractivity contribution in [1.29, 1.82) is 0 Å². The third-order valence-corrected chi connectivity index (χ3v) is 4.46. The molecule has 1 aromatic carbocycles. The van der Waals surface area contributed by atoms with E-state index >= 15 is 0 Å². The van der Waals surface area contributed by atoms with Crippen molar-refractivity contribution in [1.82, 2.24) is 0 Å². The van der Waals surface area contributed by atoms with Gasteiger partial charge in [-0.25, -0.2) is 0 Å². The van der Waals surface area contributed by atoms with Crippen LogP contribution in [0.2, 0.25) is 0 Å². The maximum atomic E-state index is 11.7. The minimum absolute atomic E-state index is 0.357. The van der Waals surface area contributed by atoms with Gasteiger partial charge in [-0.2, -0.15) is 0 Å². The maximum Gasteiger partial charge on any atom is 0.159 e. The molecule has 118 valence electrons. The van der Waals surface area contributed by atoms with Crippen LogP contribution >= 0.6 is 0 Å². The van der Waals surface area contributed by atoms with E-state index in [0.29, 0.717) is 11.7 Å². The number of benzene rings is 1. The fourth-order valence-corrected chi connectivity index (χ4v) is 2.92. The molecule has 1 atom stereocenters. The van der Waals surface area contributed by atoms with Crippen molar-refractivity contribution in [2.45, 2.75) is 51.9 Å². The average molecular weight is 298 g/mol. The third-order valence-electron chi connectivity index (χ3n) is 4.46. The molecule has 1 unspecified atom stereocenters. The molecule has 0 bridgehead atoms. The molecule has 0 amide bonds. The van der Waals surface area contributed by atoms with Crippen LogP contribution in [0.4, 0.5) is 0 Å². The summed E-state index contributed by atoms with van der Waals surface area (Å²) in [6.07, 6.45) is 9.00. The van der Waals surface area contributed by atoms with Gasteiger partial charge in [-0.3, -0.25) is 4.79 Å². The largest absolute Gasteiger partial charge is 0.497 e. The highest BCUT2D eigenvalue weighted by atomic mass is 16.5. The van der Waals surface area contributed by atoms with Crippen molar-refractivity contribution in [3.05, 3.63) is 53.1 Å². The second-order valence-corrected chi connectivity index (χ2v) is 6.11. The SMILES string of the molecule is COc1cccc(C(C)CC=CCCC2=C(C)CCC2=O)c1. The molecule has 1 aliphatic rings. The molecule has 1 aromatic rings. The molecule has 0 aromatic heterocycles. The van der Waals surface area contributed by atoms with E-state index < -0.39 is 0 Å². The molecule has 2 heteroatoms. The molecule has 2 nitrogen and oxygen atoms in total. The topological polar surface area (TPSA) is 26.3 Å². The highest BCUT2D eigenvalue weighted by molar-refractivity contribution is 5.98. The zero-order valence-corrected chi connectivity index (χ0v) is 13.9. The van der Waals surface area contributed by atoms with Gasteiger partial charge in [0.05, 0.1) is 7.11 Å². The second kappa shape index (κ2) is 7.98. The summed E-state index contributed by atoms with van der Waals surface area (Å²) < 4.78 is 5.27. The first-order valence-corrected chi connectivity index (χ1v) is 8.12. The smallest absolute Gasteiger partial charge is 0.159 e. The Morgan fingerprint density at radius 2 is 2.09 bits per heavy atom. The molecular formula is C20H26O2. The van der Waals surface area contributed by atoms with Crippen LogP contribution in [0, 0.1) is 0 Å². The van der Waals surface area contributed by atoms with E-state index in [1.165, 1.54) is 11.1 Å². The molecular weight excluding hydrogens is 272 g/mol. The molecule has 0 N–H and O–H groups in total. The van der Waals surface area contributed by atoms with Crippen LogP contribution in [0.3, 0.4) is 0 Å². The van der Waals surface area contributed by atoms with Gasteiger partial charge >= 0.3 is 0 Å². The second-order valence-electron chi connectivity index (χ2n) is 6.11. The lowest BCUT2D eigenvalue weighted by Crippen LogP contribution is -1.95. The van der Waals surface area contributed by atoms with Gasteiger partial charge in [-0.15, -0.1) is 0 Å². The predicted molar refractivity (Wildman–Crippen MR) is 91.3 cm³/mol. The summed E-state index contributed by atoms with van der Waals surface area (Å²) in [6, 6.07) is 8.26. The van der Waals surface area contributed by atoms with E-state index in [1.54, 1.807) is 7.11 Å². The standard InChI is InChI=1S/C20H26O2/c1-15(17-9-7-10-18(14-17)22-3)8-5-4-6-11-19-16(2)12-13-20(19)21/h4-5,7,9-10,14-15H,6,8,11-13H2,1-3H3. The molecule has 0 spiro atoms. The number of carbonyl (C=O) groups excluding carboxylic acids is 1. The van der Waals surface area contributed by atoms with E-state index in [2.05, 4.69) is 38.1 Å². The summed E-state index contributed by atoms with van der Waals surface area (Å²) in [5, 5.41) is 0. The lowest BCUT2D eigenvalue weighted by Gasteiger charge is -2.10. The van der Waals surface area contributed by atoms with E-state index in [-0.39, 0.29) is 0 Å². The Bertz CT molecular complexity index is 581. The minimum Gasteiger partial charge on any atom is -0.497 e. The molecule has 0 saturated carbocycles. The van der Waals surface area contributed by atoms with E-state index in [9.17, 15) is 4.79 Å².